The van der Waals surface area contributed by atoms with Gasteiger partial charge < -0.3 is 15.0 Å². The molecule has 0 saturated carbocycles. The number of aromatic nitrogens is 5. The van der Waals surface area contributed by atoms with Gasteiger partial charge in [-0.2, -0.15) is 10.2 Å². The predicted octanol–water partition coefficient (Wildman–Crippen LogP) is 4.24. The fourth-order valence-electron chi connectivity index (χ4n) is 4.02. The molecule has 4 heterocycles. The molecule has 0 radical (unpaired) electrons. The van der Waals surface area contributed by atoms with E-state index in [4.69, 9.17) is 27.9 Å². The fraction of sp³-hybridized carbons (Fsp3) is 0.304. The number of aromatic amines is 1. The van der Waals surface area contributed by atoms with Crippen molar-refractivity contribution in [3.8, 4) is 5.75 Å². The number of ether oxygens (including phenoxy) is 1. The number of anilines is 1. The van der Waals surface area contributed by atoms with E-state index in [0.29, 0.717) is 38.3 Å². The van der Waals surface area contributed by atoms with Crippen molar-refractivity contribution < 1.29 is 9.53 Å². The van der Waals surface area contributed by atoms with E-state index in [1.165, 1.54) is 12.4 Å². The molecule has 2 N–H and O–H groups in total. The normalized spacial score (nSPS) is 14.3. The van der Waals surface area contributed by atoms with Crippen molar-refractivity contribution in [2.75, 3.05) is 25.0 Å². The van der Waals surface area contributed by atoms with E-state index in [2.05, 4.69) is 37.4 Å². The number of nitrogens with one attached hydrogen (secondary N) is 2. The lowest BCUT2D eigenvalue weighted by atomic mass is 10.0. The second-order valence-corrected chi connectivity index (χ2v) is 9.09. The van der Waals surface area contributed by atoms with E-state index in [0.717, 1.165) is 31.7 Å². The van der Waals surface area contributed by atoms with Gasteiger partial charge in [0.05, 0.1) is 27.4 Å². The van der Waals surface area contributed by atoms with Crippen LogP contribution in [0.1, 0.15) is 23.0 Å². The molecule has 4 aromatic rings. The largest absolute Gasteiger partial charge is 0.489 e. The number of likely N-dealkylation sites (tertiary alicyclic amines) is 1. The molecule has 1 aromatic carbocycles. The number of carbonyl (C=O) groups is 1. The van der Waals surface area contributed by atoms with Crippen LogP contribution in [0.5, 0.6) is 5.75 Å². The van der Waals surface area contributed by atoms with Crippen LogP contribution < -0.4 is 10.1 Å². The van der Waals surface area contributed by atoms with Crippen molar-refractivity contribution in [2.24, 2.45) is 5.92 Å². The summed E-state index contributed by atoms with van der Waals surface area (Å²) in [5, 5.41) is 15.8. The van der Waals surface area contributed by atoms with Gasteiger partial charge in [0.2, 0.25) is 0 Å². The third-order valence-corrected chi connectivity index (χ3v) is 6.55. The SMILES string of the molecule is CCN1CC(Cn2cc(NC(=O)c3n[nH]c4ccc(OCc5c(Cl)cncc5Cl)cc34)cn2)C1. The van der Waals surface area contributed by atoms with Crippen LogP contribution in [0.2, 0.25) is 10.0 Å². The van der Waals surface area contributed by atoms with Crippen LogP contribution in [0.15, 0.2) is 43.0 Å². The molecular weight excluding hydrogens is 477 g/mol. The average Bonchev–Trinajstić information content (AvgIpc) is 3.42. The summed E-state index contributed by atoms with van der Waals surface area (Å²) in [6, 6.07) is 5.35. The third-order valence-electron chi connectivity index (χ3n) is 5.90. The minimum Gasteiger partial charge on any atom is -0.489 e. The minimum atomic E-state index is -0.330. The number of H-pyrrole nitrogens is 1. The Hall–Kier alpha value is -3.14. The Morgan fingerprint density at radius 1 is 1.24 bits per heavy atom. The number of nitrogens with zero attached hydrogens (tertiary/aromatic N) is 5. The Labute approximate surface area is 206 Å². The van der Waals surface area contributed by atoms with Crippen molar-refractivity contribution in [3.05, 3.63) is 64.3 Å². The second-order valence-electron chi connectivity index (χ2n) is 8.27. The maximum Gasteiger partial charge on any atom is 0.276 e. The number of hydrogen-bond acceptors (Lipinski definition) is 6. The molecule has 0 unspecified atom stereocenters. The highest BCUT2D eigenvalue weighted by molar-refractivity contribution is 6.35. The van der Waals surface area contributed by atoms with Crippen molar-refractivity contribution in [2.45, 2.75) is 20.1 Å². The van der Waals surface area contributed by atoms with Crippen LogP contribution in [0, 0.1) is 5.92 Å². The second kappa shape index (κ2) is 9.61. The zero-order valence-corrected chi connectivity index (χ0v) is 20.0. The third kappa shape index (κ3) is 4.72. The van der Waals surface area contributed by atoms with E-state index in [9.17, 15) is 4.79 Å². The summed E-state index contributed by atoms with van der Waals surface area (Å²) < 4.78 is 7.74. The lowest BCUT2D eigenvalue weighted by Gasteiger charge is -2.38. The molecule has 1 saturated heterocycles. The molecule has 1 aliphatic rings. The van der Waals surface area contributed by atoms with Crippen molar-refractivity contribution >= 4 is 45.7 Å². The Morgan fingerprint density at radius 3 is 2.79 bits per heavy atom. The van der Waals surface area contributed by atoms with Gasteiger partial charge in [-0.1, -0.05) is 30.1 Å². The molecule has 3 aromatic heterocycles. The van der Waals surface area contributed by atoms with Crippen molar-refractivity contribution in [3.63, 3.8) is 0 Å². The van der Waals surface area contributed by atoms with E-state index in [1.807, 2.05) is 10.9 Å². The molecule has 34 heavy (non-hydrogen) atoms. The summed E-state index contributed by atoms with van der Waals surface area (Å²) in [7, 11) is 0. The van der Waals surface area contributed by atoms with Gasteiger partial charge in [0.25, 0.3) is 5.91 Å². The standard InChI is InChI=1S/C23H23Cl2N7O2/c1-2-31-9-14(10-31)11-32-12-15(6-27-32)28-23(33)22-17-5-16(3-4-21(17)29-30-22)34-13-18-19(24)7-26-8-20(18)25/h3-8,12,14H,2,9-11,13H2,1H3,(H,28,33)(H,29,30). The highest BCUT2D eigenvalue weighted by Gasteiger charge is 2.25. The number of carbonyl (C=O) groups excluding carboxylic acids is 1. The molecule has 9 nitrogen and oxygen atoms in total. The Balaban J connectivity index is 1.26. The van der Waals surface area contributed by atoms with Gasteiger partial charge in [-0.25, -0.2) is 0 Å². The first kappa shape index (κ1) is 22.6. The summed E-state index contributed by atoms with van der Waals surface area (Å²) >= 11 is 12.3. The lowest BCUT2D eigenvalue weighted by Crippen LogP contribution is -2.48. The van der Waals surface area contributed by atoms with Crippen molar-refractivity contribution in [1.29, 1.82) is 0 Å². The van der Waals surface area contributed by atoms with Gasteiger partial charge in [0, 0.05) is 55.1 Å². The highest BCUT2D eigenvalue weighted by Crippen LogP contribution is 2.27. The maximum atomic E-state index is 12.9. The Kier molecular flexibility index (Phi) is 6.40. The van der Waals surface area contributed by atoms with E-state index in [-0.39, 0.29) is 18.2 Å². The first-order valence-corrected chi connectivity index (χ1v) is 11.7. The van der Waals surface area contributed by atoms with Crippen LogP contribution in [0.4, 0.5) is 5.69 Å². The number of halogens is 2. The van der Waals surface area contributed by atoms with Gasteiger partial charge in [-0.3, -0.25) is 19.6 Å². The summed E-state index contributed by atoms with van der Waals surface area (Å²) in [5.74, 6) is 0.819. The molecule has 0 aliphatic carbocycles. The van der Waals surface area contributed by atoms with Crippen LogP contribution in [0.25, 0.3) is 10.9 Å². The number of rotatable bonds is 8. The number of hydrogen-bond donors (Lipinski definition) is 2. The highest BCUT2D eigenvalue weighted by atomic mass is 35.5. The first-order chi connectivity index (χ1) is 16.5. The summed E-state index contributed by atoms with van der Waals surface area (Å²) in [4.78, 5) is 19.3. The van der Waals surface area contributed by atoms with Crippen LogP contribution >= 0.6 is 23.2 Å². The van der Waals surface area contributed by atoms with Gasteiger partial charge in [0.1, 0.15) is 12.4 Å². The summed E-state index contributed by atoms with van der Waals surface area (Å²) in [6.45, 7) is 6.41. The topological polar surface area (TPSA) is 101 Å². The van der Waals surface area contributed by atoms with E-state index in [1.54, 1.807) is 24.4 Å². The fourth-order valence-corrected chi connectivity index (χ4v) is 4.49. The lowest BCUT2D eigenvalue weighted by molar-refractivity contribution is 0.0917. The number of pyridine rings is 1. The molecule has 1 fully saturated rings. The molecule has 0 atom stereocenters. The predicted molar refractivity (Wildman–Crippen MR) is 130 cm³/mol. The van der Waals surface area contributed by atoms with Gasteiger partial charge in [0.15, 0.2) is 5.69 Å². The molecule has 0 bridgehead atoms. The minimum absolute atomic E-state index is 0.168. The zero-order chi connectivity index (χ0) is 23.7. The van der Waals surface area contributed by atoms with Crippen LogP contribution in [0.3, 0.4) is 0 Å². The molecule has 11 heteroatoms. The molecule has 1 amide bonds. The van der Waals surface area contributed by atoms with Crippen molar-refractivity contribution in [1.82, 2.24) is 29.9 Å². The average molecular weight is 500 g/mol. The molecule has 176 valence electrons. The number of amides is 1. The zero-order valence-electron chi connectivity index (χ0n) is 18.5. The molecule has 5 rings (SSSR count). The summed E-state index contributed by atoms with van der Waals surface area (Å²) in [5.41, 5.74) is 2.26. The molecular formula is C23H23Cl2N7O2. The van der Waals surface area contributed by atoms with Crippen LogP contribution in [-0.2, 0) is 13.2 Å². The molecule has 1 aliphatic heterocycles. The molecule has 0 spiro atoms. The number of benzene rings is 1. The summed E-state index contributed by atoms with van der Waals surface area (Å²) in [6.07, 6.45) is 6.53. The van der Waals surface area contributed by atoms with Crippen LogP contribution in [-0.4, -0.2) is 55.4 Å². The monoisotopic (exact) mass is 499 g/mol. The first-order valence-electron chi connectivity index (χ1n) is 10.9. The Bertz CT molecular complexity index is 1310. The quantitative estimate of drug-likeness (QED) is 0.375. The maximum absolute atomic E-state index is 12.9. The van der Waals surface area contributed by atoms with Gasteiger partial charge in [-0.05, 0) is 24.7 Å². The van der Waals surface area contributed by atoms with Gasteiger partial charge in [-0.15, -0.1) is 0 Å². The number of fused-ring (bicyclic) bond motifs is 1. The smallest absolute Gasteiger partial charge is 0.276 e. The Morgan fingerprint density at radius 2 is 2.03 bits per heavy atom. The van der Waals surface area contributed by atoms with E-state index < -0.39 is 0 Å². The van der Waals surface area contributed by atoms with Gasteiger partial charge >= 0.3 is 0 Å². The van der Waals surface area contributed by atoms with E-state index >= 15 is 0 Å².